The third kappa shape index (κ3) is 3.65. The van der Waals surface area contributed by atoms with E-state index in [2.05, 4.69) is 17.2 Å². The molecule has 0 heterocycles. The molecule has 0 atom stereocenters. The van der Waals surface area contributed by atoms with E-state index in [1.54, 1.807) is 6.07 Å². The molecular formula is C16H11F2NO2. The van der Waals surface area contributed by atoms with Crippen molar-refractivity contribution in [3.8, 4) is 11.8 Å². The molecule has 0 saturated heterocycles. The first-order chi connectivity index (χ1) is 10.1. The Morgan fingerprint density at radius 2 is 1.95 bits per heavy atom. The van der Waals surface area contributed by atoms with E-state index in [4.69, 9.17) is 5.11 Å². The number of hydrogen-bond donors (Lipinski definition) is 2. The van der Waals surface area contributed by atoms with Crippen molar-refractivity contribution < 1.29 is 18.7 Å². The van der Waals surface area contributed by atoms with E-state index < -0.39 is 17.5 Å². The number of carbonyl (C=O) groups excluding carboxylic acids is 1. The first-order valence-corrected chi connectivity index (χ1v) is 6.07. The minimum absolute atomic E-state index is 0.00664. The van der Waals surface area contributed by atoms with Crippen LogP contribution in [0.15, 0.2) is 42.5 Å². The molecule has 2 aromatic carbocycles. The fourth-order valence-corrected chi connectivity index (χ4v) is 1.70. The highest BCUT2D eigenvalue weighted by Crippen LogP contribution is 2.16. The number of aliphatic hydroxyl groups excluding tert-OH is 1. The molecule has 0 spiro atoms. The van der Waals surface area contributed by atoms with Crippen LogP contribution < -0.4 is 5.32 Å². The molecule has 2 N–H and O–H groups in total. The van der Waals surface area contributed by atoms with Gasteiger partial charge in [0.2, 0.25) is 0 Å². The number of para-hydroxylation sites is 1. The average Bonchev–Trinajstić information content (AvgIpc) is 2.48. The third-order valence-electron chi connectivity index (χ3n) is 2.65. The summed E-state index contributed by atoms with van der Waals surface area (Å²) in [4.78, 5) is 12.1. The molecule has 0 saturated carbocycles. The van der Waals surface area contributed by atoms with Crippen LogP contribution in [0.4, 0.5) is 14.5 Å². The van der Waals surface area contributed by atoms with Gasteiger partial charge in [0.05, 0.1) is 11.3 Å². The molecule has 0 aliphatic heterocycles. The fraction of sp³-hybridized carbons (Fsp3) is 0.0625. The van der Waals surface area contributed by atoms with Crippen molar-refractivity contribution in [3.05, 3.63) is 65.2 Å². The normalized spacial score (nSPS) is 9.67. The second-order valence-electron chi connectivity index (χ2n) is 4.08. The fourth-order valence-electron chi connectivity index (χ4n) is 1.70. The van der Waals surface area contributed by atoms with Gasteiger partial charge in [0.15, 0.2) is 0 Å². The van der Waals surface area contributed by atoms with Crippen LogP contribution in [0.2, 0.25) is 0 Å². The summed E-state index contributed by atoms with van der Waals surface area (Å²) in [6, 6.07) is 9.15. The maximum Gasteiger partial charge on any atom is 0.257 e. The van der Waals surface area contributed by atoms with Gasteiger partial charge in [-0.2, -0.15) is 0 Å². The molecule has 0 fully saturated rings. The maximum absolute atomic E-state index is 13.5. The van der Waals surface area contributed by atoms with Gasteiger partial charge in [-0.3, -0.25) is 4.79 Å². The molecule has 0 aromatic heterocycles. The standard InChI is InChI=1S/C16H11F2NO2/c17-12-8-7-11(4-3-9-20)13(10-12)16(21)19-15-6-2-1-5-14(15)18/h1-2,5-8,10,20H,9H2,(H,19,21). The topological polar surface area (TPSA) is 49.3 Å². The Morgan fingerprint density at radius 3 is 2.67 bits per heavy atom. The van der Waals surface area contributed by atoms with Crippen LogP contribution >= 0.6 is 0 Å². The van der Waals surface area contributed by atoms with Gasteiger partial charge >= 0.3 is 0 Å². The second kappa shape index (κ2) is 6.64. The van der Waals surface area contributed by atoms with E-state index in [-0.39, 0.29) is 23.4 Å². The number of amides is 1. The molecule has 5 heteroatoms. The first-order valence-electron chi connectivity index (χ1n) is 6.07. The number of carbonyl (C=O) groups is 1. The van der Waals surface area contributed by atoms with Crippen molar-refractivity contribution in [1.29, 1.82) is 0 Å². The molecule has 106 valence electrons. The smallest absolute Gasteiger partial charge is 0.257 e. The van der Waals surface area contributed by atoms with Crippen molar-refractivity contribution in [2.75, 3.05) is 11.9 Å². The monoisotopic (exact) mass is 287 g/mol. The van der Waals surface area contributed by atoms with Crippen LogP contribution in [0, 0.1) is 23.5 Å². The third-order valence-corrected chi connectivity index (χ3v) is 2.65. The predicted molar refractivity (Wildman–Crippen MR) is 74.7 cm³/mol. The zero-order chi connectivity index (χ0) is 15.2. The highest BCUT2D eigenvalue weighted by Gasteiger charge is 2.13. The molecule has 21 heavy (non-hydrogen) atoms. The van der Waals surface area contributed by atoms with Crippen LogP contribution in [0.3, 0.4) is 0 Å². The number of anilines is 1. The Hall–Kier alpha value is -2.71. The van der Waals surface area contributed by atoms with Gasteiger partial charge in [-0.1, -0.05) is 24.0 Å². The molecule has 0 radical (unpaired) electrons. The Morgan fingerprint density at radius 1 is 1.19 bits per heavy atom. The lowest BCUT2D eigenvalue weighted by atomic mass is 10.1. The number of rotatable bonds is 2. The zero-order valence-corrected chi connectivity index (χ0v) is 10.9. The number of aliphatic hydroxyl groups is 1. The van der Waals surface area contributed by atoms with Crippen LogP contribution in [-0.2, 0) is 0 Å². The van der Waals surface area contributed by atoms with Gasteiger partial charge in [-0.15, -0.1) is 0 Å². The van der Waals surface area contributed by atoms with Gasteiger partial charge in [0.1, 0.15) is 18.2 Å². The van der Waals surface area contributed by atoms with Crippen molar-refractivity contribution in [2.24, 2.45) is 0 Å². The molecule has 0 aliphatic carbocycles. The number of hydrogen-bond acceptors (Lipinski definition) is 2. The van der Waals surface area contributed by atoms with Crippen LogP contribution in [-0.4, -0.2) is 17.6 Å². The molecule has 2 aromatic rings. The maximum atomic E-state index is 13.5. The molecule has 0 unspecified atom stereocenters. The molecule has 0 aliphatic rings. The van der Waals surface area contributed by atoms with Crippen LogP contribution in [0.5, 0.6) is 0 Å². The summed E-state index contributed by atoms with van der Waals surface area (Å²) in [5.74, 6) is 3.05. The molecule has 3 nitrogen and oxygen atoms in total. The highest BCUT2D eigenvalue weighted by atomic mass is 19.1. The number of nitrogens with one attached hydrogen (secondary N) is 1. The summed E-state index contributed by atoms with van der Waals surface area (Å²) in [6.07, 6.45) is 0. The molecular weight excluding hydrogens is 276 g/mol. The summed E-state index contributed by atoms with van der Waals surface area (Å²) in [5.41, 5.74) is 0.214. The van der Waals surface area contributed by atoms with Gasteiger partial charge in [-0.25, -0.2) is 8.78 Å². The van der Waals surface area contributed by atoms with E-state index in [9.17, 15) is 13.6 Å². The van der Waals surface area contributed by atoms with Gasteiger partial charge in [-0.05, 0) is 30.3 Å². The summed E-state index contributed by atoms with van der Waals surface area (Å²) in [7, 11) is 0. The summed E-state index contributed by atoms with van der Waals surface area (Å²) < 4.78 is 26.8. The van der Waals surface area contributed by atoms with Crippen LogP contribution in [0.1, 0.15) is 15.9 Å². The zero-order valence-electron chi connectivity index (χ0n) is 10.9. The lowest BCUT2D eigenvalue weighted by Gasteiger charge is -2.08. The van der Waals surface area contributed by atoms with Gasteiger partial charge < -0.3 is 10.4 Å². The van der Waals surface area contributed by atoms with E-state index in [1.807, 2.05) is 0 Å². The molecule has 0 bridgehead atoms. The van der Waals surface area contributed by atoms with Crippen molar-refractivity contribution >= 4 is 11.6 Å². The molecule has 1 amide bonds. The molecule has 2 rings (SSSR count). The Balaban J connectivity index is 2.34. The van der Waals surface area contributed by atoms with E-state index >= 15 is 0 Å². The highest BCUT2D eigenvalue weighted by molar-refractivity contribution is 6.06. The summed E-state index contributed by atoms with van der Waals surface area (Å²) in [5, 5.41) is 11.0. The van der Waals surface area contributed by atoms with E-state index in [0.29, 0.717) is 0 Å². The van der Waals surface area contributed by atoms with Gasteiger partial charge in [0, 0.05) is 5.56 Å². The van der Waals surface area contributed by atoms with Crippen molar-refractivity contribution in [2.45, 2.75) is 0 Å². The lowest BCUT2D eigenvalue weighted by molar-refractivity contribution is 0.102. The minimum atomic E-state index is -0.679. The van der Waals surface area contributed by atoms with Crippen LogP contribution in [0.25, 0.3) is 0 Å². The number of benzene rings is 2. The van der Waals surface area contributed by atoms with Crippen molar-refractivity contribution in [3.63, 3.8) is 0 Å². The summed E-state index contributed by atoms with van der Waals surface area (Å²) >= 11 is 0. The van der Waals surface area contributed by atoms with E-state index in [0.717, 1.165) is 12.1 Å². The van der Waals surface area contributed by atoms with Crippen molar-refractivity contribution in [1.82, 2.24) is 0 Å². The lowest BCUT2D eigenvalue weighted by Crippen LogP contribution is -2.15. The SMILES string of the molecule is O=C(Nc1ccccc1F)c1cc(F)ccc1C#CCO. The largest absolute Gasteiger partial charge is 0.384 e. The van der Waals surface area contributed by atoms with Gasteiger partial charge in [0.25, 0.3) is 5.91 Å². The van der Waals surface area contributed by atoms with E-state index in [1.165, 1.54) is 24.3 Å². The number of halogens is 2. The Labute approximate surface area is 120 Å². The average molecular weight is 287 g/mol. The quantitative estimate of drug-likeness (QED) is 0.834. The Kier molecular flexibility index (Phi) is 4.64. The predicted octanol–water partition coefficient (Wildman–Crippen LogP) is 2.56. The first kappa shape index (κ1) is 14.7. The Bertz CT molecular complexity index is 733. The minimum Gasteiger partial charge on any atom is -0.384 e. The second-order valence-corrected chi connectivity index (χ2v) is 4.08. The summed E-state index contributed by atoms with van der Waals surface area (Å²) in [6.45, 7) is -0.383.